The van der Waals surface area contributed by atoms with E-state index < -0.39 is 6.67 Å². The van der Waals surface area contributed by atoms with Crippen molar-refractivity contribution in [2.45, 2.75) is 26.8 Å². The van der Waals surface area contributed by atoms with Gasteiger partial charge >= 0.3 is 0 Å². The average molecular weight is 322 g/mol. The van der Waals surface area contributed by atoms with Gasteiger partial charge < -0.3 is 0 Å². The standard InChI is InChI=1S/C15H15FN2OS2/c1-3-11-17-14-13(15(19)18(11)7-6-16)12(9(2)21-14)10-5-4-8-20-10/h4-5,8H,3,6-7H2,1-2H3. The number of hydrogen-bond donors (Lipinski definition) is 0. The Balaban J connectivity index is 2.39. The molecule has 0 saturated heterocycles. The number of thiophene rings is 2. The lowest BCUT2D eigenvalue weighted by molar-refractivity contribution is 0.432. The molecular formula is C15H15FN2OS2. The highest BCUT2D eigenvalue weighted by molar-refractivity contribution is 7.20. The Morgan fingerprint density at radius 1 is 1.43 bits per heavy atom. The monoisotopic (exact) mass is 322 g/mol. The molecule has 0 aromatic carbocycles. The first-order valence-corrected chi connectivity index (χ1v) is 8.49. The Kier molecular flexibility index (Phi) is 3.91. The SMILES string of the molecule is CCc1nc2sc(C)c(-c3cccs3)c2c(=O)n1CCF. The van der Waals surface area contributed by atoms with Gasteiger partial charge in [0.25, 0.3) is 5.56 Å². The van der Waals surface area contributed by atoms with E-state index in [-0.39, 0.29) is 12.1 Å². The highest BCUT2D eigenvalue weighted by Gasteiger charge is 2.19. The largest absolute Gasteiger partial charge is 0.293 e. The fourth-order valence-corrected chi connectivity index (χ4v) is 4.48. The van der Waals surface area contributed by atoms with Crippen LogP contribution in [-0.2, 0) is 13.0 Å². The minimum absolute atomic E-state index is 0.0731. The van der Waals surface area contributed by atoms with E-state index in [9.17, 15) is 9.18 Å². The highest BCUT2D eigenvalue weighted by Crippen LogP contribution is 2.37. The van der Waals surface area contributed by atoms with Gasteiger partial charge in [-0.1, -0.05) is 13.0 Å². The third-order valence-corrected chi connectivity index (χ3v) is 5.35. The fraction of sp³-hybridized carbons (Fsp3) is 0.333. The zero-order chi connectivity index (χ0) is 15.0. The Morgan fingerprint density at radius 2 is 2.24 bits per heavy atom. The van der Waals surface area contributed by atoms with Gasteiger partial charge in [-0.3, -0.25) is 9.36 Å². The van der Waals surface area contributed by atoms with Crippen molar-refractivity contribution in [1.29, 1.82) is 0 Å². The number of aryl methyl sites for hydroxylation is 2. The predicted molar refractivity (Wildman–Crippen MR) is 87.3 cm³/mol. The first-order chi connectivity index (χ1) is 10.2. The second kappa shape index (κ2) is 5.69. The number of alkyl halides is 1. The van der Waals surface area contributed by atoms with Gasteiger partial charge in [0.2, 0.25) is 0 Å². The first-order valence-electron chi connectivity index (χ1n) is 6.80. The van der Waals surface area contributed by atoms with Crippen LogP contribution in [0.4, 0.5) is 4.39 Å². The Labute approximate surface area is 129 Å². The van der Waals surface area contributed by atoms with Crippen LogP contribution in [0.15, 0.2) is 22.3 Å². The molecule has 0 N–H and O–H groups in total. The van der Waals surface area contributed by atoms with Gasteiger partial charge in [0.05, 0.1) is 11.9 Å². The van der Waals surface area contributed by atoms with Crippen LogP contribution in [0.25, 0.3) is 20.7 Å². The summed E-state index contributed by atoms with van der Waals surface area (Å²) < 4.78 is 14.2. The maximum atomic E-state index is 12.8. The van der Waals surface area contributed by atoms with Crippen molar-refractivity contribution in [3.05, 3.63) is 38.6 Å². The first kappa shape index (κ1) is 14.4. The molecule has 0 saturated carbocycles. The van der Waals surface area contributed by atoms with Gasteiger partial charge in [0, 0.05) is 21.7 Å². The molecule has 0 bridgehead atoms. The van der Waals surface area contributed by atoms with Crippen LogP contribution < -0.4 is 5.56 Å². The summed E-state index contributed by atoms with van der Waals surface area (Å²) in [5.74, 6) is 0.657. The molecule has 3 aromatic rings. The quantitative estimate of drug-likeness (QED) is 0.727. The Morgan fingerprint density at radius 3 is 2.86 bits per heavy atom. The van der Waals surface area contributed by atoms with Crippen LogP contribution in [0.3, 0.4) is 0 Å². The third-order valence-electron chi connectivity index (χ3n) is 3.46. The normalized spacial score (nSPS) is 11.4. The summed E-state index contributed by atoms with van der Waals surface area (Å²) in [7, 11) is 0. The lowest BCUT2D eigenvalue weighted by Gasteiger charge is -2.09. The molecular weight excluding hydrogens is 307 g/mol. The van der Waals surface area contributed by atoms with E-state index in [1.165, 1.54) is 15.9 Å². The number of rotatable bonds is 4. The van der Waals surface area contributed by atoms with E-state index in [0.717, 1.165) is 20.1 Å². The summed E-state index contributed by atoms with van der Waals surface area (Å²) in [4.78, 5) is 20.3. The molecule has 21 heavy (non-hydrogen) atoms. The van der Waals surface area contributed by atoms with Crippen molar-refractivity contribution in [3.8, 4) is 10.4 Å². The van der Waals surface area contributed by atoms with Crippen molar-refractivity contribution in [2.24, 2.45) is 0 Å². The van der Waals surface area contributed by atoms with E-state index >= 15 is 0 Å². The van der Waals surface area contributed by atoms with E-state index in [1.54, 1.807) is 11.3 Å². The summed E-state index contributed by atoms with van der Waals surface area (Å²) in [6.45, 7) is 3.45. The molecule has 3 nitrogen and oxygen atoms in total. The van der Waals surface area contributed by atoms with Crippen LogP contribution in [0.1, 0.15) is 17.6 Å². The van der Waals surface area contributed by atoms with Gasteiger partial charge in [-0.15, -0.1) is 22.7 Å². The predicted octanol–water partition coefficient (Wildman–Crippen LogP) is 4.03. The fourth-order valence-electron chi connectivity index (χ4n) is 2.54. The van der Waals surface area contributed by atoms with E-state index in [2.05, 4.69) is 4.98 Å². The van der Waals surface area contributed by atoms with Gasteiger partial charge in [-0.05, 0) is 18.4 Å². The van der Waals surface area contributed by atoms with Gasteiger partial charge in [0.1, 0.15) is 17.3 Å². The molecule has 0 atom stereocenters. The second-order valence-electron chi connectivity index (χ2n) is 4.72. The summed E-state index contributed by atoms with van der Waals surface area (Å²) in [5.41, 5.74) is 0.833. The summed E-state index contributed by atoms with van der Waals surface area (Å²) >= 11 is 3.14. The minimum atomic E-state index is -0.558. The van der Waals surface area contributed by atoms with Crippen molar-refractivity contribution in [2.75, 3.05) is 6.67 Å². The lowest BCUT2D eigenvalue weighted by Crippen LogP contribution is -2.25. The molecule has 3 rings (SSSR count). The molecule has 0 radical (unpaired) electrons. The van der Waals surface area contributed by atoms with Crippen LogP contribution >= 0.6 is 22.7 Å². The molecule has 3 heterocycles. The Hall–Kier alpha value is -1.53. The zero-order valence-corrected chi connectivity index (χ0v) is 13.5. The minimum Gasteiger partial charge on any atom is -0.293 e. The van der Waals surface area contributed by atoms with Crippen LogP contribution in [0.2, 0.25) is 0 Å². The second-order valence-corrected chi connectivity index (χ2v) is 6.87. The van der Waals surface area contributed by atoms with Crippen LogP contribution in [-0.4, -0.2) is 16.2 Å². The number of nitrogens with zero attached hydrogens (tertiary/aromatic N) is 2. The third kappa shape index (κ3) is 2.32. The van der Waals surface area contributed by atoms with E-state index in [1.807, 2.05) is 31.4 Å². The lowest BCUT2D eigenvalue weighted by atomic mass is 10.1. The van der Waals surface area contributed by atoms with Crippen molar-refractivity contribution in [3.63, 3.8) is 0 Å². The smallest absolute Gasteiger partial charge is 0.263 e. The molecule has 3 aromatic heterocycles. The number of fused-ring (bicyclic) bond motifs is 1. The number of hydrogen-bond acceptors (Lipinski definition) is 4. The molecule has 110 valence electrons. The molecule has 0 aliphatic heterocycles. The molecule has 0 fully saturated rings. The average Bonchev–Trinajstić information content (AvgIpc) is 3.08. The molecule has 6 heteroatoms. The molecule has 0 aliphatic carbocycles. The van der Waals surface area contributed by atoms with Crippen molar-refractivity contribution in [1.82, 2.24) is 9.55 Å². The molecule has 0 unspecified atom stereocenters. The van der Waals surface area contributed by atoms with Gasteiger partial charge in [-0.2, -0.15) is 0 Å². The van der Waals surface area contributed by atoms with E-state index in [4.69, 9.17) is 0 Å². The number of halogens is 1. The highest BCUT2D eigenvalue weighted by atomic mass is 32.1. The Bertz CT molecular complexity index is 834. The van der Waals surface area contributed by atoms with Crippen LogP contribution in [0, 0.1) is 6.92 Å². The molecule has 0 spiro atoms. The van der Waals surface area contributed by atoms with Crippen molar-refractivity contribution < 1.29 is 4.39 Å². The maximum Gasteiger partial charge on any atom is 0.263 e. The summed E-state index contributed by atoms with van der Waals surface area (Å²) in [6, 6.07) is 3.97. The van der Waals surface area contributed by atoms with Crippen molar-refractivity contribution >= 4 is 32.9 Å². The molecule has 0 aliphatic rings. The van der Waals surface area contributed by atoms with Gasteiger partial charge in [-0.25, -0.2) is 9.37 Å². The topological polar surface area (TPSA) is 34.9 Å². The molecule has 0 amide bonds. The van der Waals surface area contributed by atoms with E-state index in [0.29, 0.717) is 17.6 Å². The summed E-state index contributed by atoms with van der Waals surface area (Å²) in [6.07, 6.45) is 0.621. The van der Waals surface area contributed by atoms with Crippen LogP contribution in [0.5, 0.6) is 0 Å². The zero-order valence-electron chi connectivity index (χ0n) is 11.9. The summed E-state index contributed by atoms with van der Waals surface area (Å²) in [5, 5.41) is 2.62. The maximum absolute atomic E-state index is 12.8. The van der Waals surface area contributed by atoms with Gasteiger partial charge in [0.15, 0.2) is 0 Å². The number of aromatic nitrogens is 2.